The molecule has 0 N–H and O–H groups in total. The average Bonchev–Trinajstić information content (AvgIpc) is 2.68. The zero-order valence-electron chi connectivity index (χ0n) is 15.3. The Kier molecular flexibility index (Phi) is 6.10. The predicted molar refractivity (Wildman–Crippen MR) is 98.2 cm³/mol. The van der Waals surface area contributed by atoms with Crippen molar-refractivity contribution in [2.75, 3.05) is 13.1 Å². The molecule has 1 aliphatic heterocycles. The largest absolute Gasteiger partial charge is 0.473 e. The fourth-order valence-corrected chi connectivity index (χ4v) is 4.66. The van der Waals surface area contributed by atoms with Gasteiger partial charge in [-0.3, -0.25) is 0 Å². The molecule has 1 aliphatic rings. The summed E-state index contributed by atoms with van der Waals surface area (Å²) >= 11 is 0. The van der Waals surface area contributed by atoms with Crippen molar-refractivity contribution in [2.45, 2.75) is 30.9 Å². The second-order valence-electron chi connectivity index (χ2n) is 6.69. The van der Waals surface area contributed by atoms with Crippen LogP contribution in [0, 0.1) is 11.3 Å². The number of pyridine rings is 1. The lowest BCUT2D eigenvalue weighted by Gasteiger charge is -2.31. The van der Waals surface area contributed by atoms with E-state index in [1.807, 2.05) is 6.07 Å². The molecule has 1 fully saturated rings. The zero-order valence-corrected chi connectivity index (χ0v) is 16.1. The van der Waals surface area contributed by atoms with Gasteiger partial charge in [-0.1, -0.05) is 12.1 Å². The van der Waals surface area contributed by atoms with Gasteiger partial charge < -0.3 is 4.74 Å². The van der Waals surface area contributed by atoms with Gasteiger partial charge in [0.1, 0.15) is 6.10 Å². The first-order valence-corrected chi connectivity index (χ1v) is 10.4. The van der Waals surface area contributed by atoms with Gasteiger partial charge >= 0.3 is 6.18 Å². The van der Waals surface area contributed by atoms with Crippen LogP contribution in [0.15, 0.2) is 42.6 Å². The molecule has 6 nitrogen and oxygen atoms in total. The molecule has 10 heteroatoms. The average molecular weight is 425 g/mol. The smallest absolute Gasteiger partial charge is 0.416 e. The number of benzene rings is 1. The number of rotatable bonds is 5. The zero-order chi connectivity index (χ0) is 21.1. The number of hydrogen-bond acceptors (Lipinski definition) is 5. The molecule has 3 rings (SSSR count). The van der Waals surface area contributed by atoms with E-state index in [-0.39, 0.29) is 23.7 Å². The van der Waals surface area contributed by atoms with Crippen molar-refractivity contribution in [3.05, 3.63) is 59.3 Å². The topological polar surface area (TPSA) is 83.3 Å². The Morgan fingerprint density at radius 1 is 1.24 bits per heavy atom. The Morgan fingerprint density at radius 2 is 1.97 bits per heavy atom. The van der Waals surface area contributed by atoms with E-state index < -0.39 is 27.9 Å². The number of aromatic nitrogens is 1. The van der Waals surface area contributed by atoms with Crippen molar-refractivity contribution in [3.8, 4) is 11.9 Å². The molecule has 0 radical (unpaired) electrons. The van der Waals surface area contributed by atoms with Crippen LogP contribution in [0.5, 0.6) is 5.88 Å². The van der Waals surface area contributed by atoms with E-state index in [4.69, 9.17) is 10.00 Å². The van der Waals surface area contributed by atoms with Crippen molar-refractivity contribution < 1.29 is 26.3 Å². The summed E-state index contributed by atoms with van der Waals surface area (Å²) in [5, 5.41) is 8.94. The van der Waals surface area contributed by atoms with E-state index >= 15 is 0 Å². The normalized spacial score (nSPS) is 18.2. The fraction of sp³-hybridized carbons (Fsp3) is 0.368. The molecular formula is C19H18F3N3O3S. The minimum Gasteiger partial charge on any atom is -0.473 e. The van der Waals surface area contributed by atoms with Gasteiger partial charge in [0.2, 0.25) is 15.9 Å². The van der Waals surface area contributed by atoms with Gasteiger partial charge in [0.25, 0.3) is 0 Å². The lowest BCUT2D eigenvalue weighted by Crippen LogP contribution is -2.44. The van der Waals surface area contributed by atoms with Crippen molar-refractivity contribution in [1.82, 2.24) is 9.29 Å². The molecule has 0 bridgehead atoms. The number of sulfonamides is 1. The van der Waals surface area contributed by atoms with Crippen molar-refractivity contribution >= 4 is 10.0 Å². The molecular weight excluding hydrogens is 407 g/mol. The first-order valence-electron chi connectivity index (χ1n) is 8.84. The summed E-state index contributed by atoms with van der Waals surface area (Å²) in [6, 6.07) is 9.10. The van der Waals surface area contributed by atoms with Gasteiger partial charge in [0.05, 0.1) is 29.5 Å². The van der Waals surface area contributed by atoms with Crippen LogP contribution in [0.25, 0.3) is 0 Å². The first kappa shape index (κ1) is 21.1. The molecule has 2 aromatic rings. The molecule has 0 spiro atoms. The Morgan fingerprint density at radius 3 is 2.62 bits per heavy atom. The van der Waals surface area contributed by atoms with Crippen LogP contribution < -0.4 is 4.74 Å². The standard InChI is InChI=1S/C19H18F3N3O3S/c20-19(21,22)16-5-3-14(4-6-16)13-29(26,27)25-9-1-2-17(12-25)28-18-10-15(11-23)7-8-24-18/h3-8,10,17H,1-2,9,12-13H2. The van der Waals surface area contributed by atoms with Crippen LogP contribution >= 0.6 is 0 Å². The molecule has 0 saturated carbocycles. The van der Waals surface area contributed by atoms with Gasteiger partial charge in [-0.25, -0.2) is 13.4 Å². The molecule has 154 valence electrons. The third-order valence-electron chi connectivity index (χ3n) is 4.52. The monoisotopic (exact) mass is 425 g/mol. The Hall–Kier alpha value is -2.64. The second-order valence-corrected chi connectivity index (χ2v) is 8.65. The molecule has 1 aromatic carbocycles. The van der Waals surface area contributed by atoms with Crippen LogP contribution in [0.2, 0.25) is 0 Å². The minimum atomic E-state index is -4.47. The summed E-state index contributed by atoms with van der Waals surface area (Å²) in [4.78, 5) is 4.03. The van der Waals surface area contributed by atoms with Crippen LogP contribution in [0.1, 0.15) is 29.5 Å². The Bertz CT molecular complexity index is 1000. The molecule has 29 heavy (non-hydrogen) atoms. The predicted octanol–water partition coefficient (Wildman–Crippen LogP) is 3.35. The second kappa shape index (κ2) is 8.39. The number of nitriles is 1. The molecule has 0 amide bonds. The highest BCUT2D eigenvalue weighted by Gasteiger charge is 2.32. The van der Waals surface area contributed by atoms with Gasteiger partial charge in [-0.2, -0.15) is 22.7 Å². The van der Waals surface area contributed by atoms with Crippen molar-refractivity contribution in [1.29, 1.82) is 5.26 Å². The lowest BCUT2D eigenvalue weighted by atomic mass is 10.1. The summed E-state index contributed by atoms with van der Waals surface area (Å²) < 4.78 is 70.4. The van der Waals surface area contributed by atoms with Crippen LogP contribution in [-0.2, 0) is 22.0 Å². The fourth-order valence-electron chi connectivity index (χ4n) is 3.06. The number of halogens is 3. The SMILES string of the molecule is N#Cc1ccnc(OC2CCCN(S(=O)(=O)Cc3ccc(C(F)(F)F)cc3)C2)c1. The summed E-state index contributed by atoms with van der Waals surface area (Å²) in [5.74, 6) is -0.143. The van der Waals surface area contributed by atoms with Crippen molar-refractivity contribution in [2.24, 2.45) is 0 Å². The highest BCUT2D eigenvalue weighted by atomic mass is 32.2. The van der Waals surface area contributed by atoms with E-state index in [9.17, 15) is 21.6 Å². The summed E-state index contributed by atoms with van der Waals surface area (Å²) in [6.07, 6.45) is -2.24. The number of nitrogens with zero attached hydrogens (tertiary/aromatic N) is 3. The maximum atomic E-state index is 12.7. The van der Waals surface area contributed by atoms with Gasteiger partial charge in [0.15, 0.2) is 0 Å². The van der Waals surface area contributed by atoms with Gasteiger partial charge in [-0.15, -0.1) is 0 Å². The summed E-state index contributed by atoms with van der Waals surface area (Å²) in [6.45, 7) is 0.427. The molecule has 1 unspecified atom stereocenters. The van der Waals surface area contributed by atoms with Crippen LogP contribution in [0.4, 0.5) is 13.2 Å². The minimum absolute atomic E-state index is 0.113. The highest BCUT2D eigenvalue weighted by molar-refractivity contribution is 7.88. The maximum absolute atomic E-state index is 12.7. The summed E-state index contributed by atoms with van der Waals surface area (Å²) in [7, 11) is -3.72. The van der Waals surface area contributed by atoms with E-state index in [1.165, 1.54) is 34.8 Å². The Labute approximate surface area is 166 Å². The van der Waals surface area contributed by atoms with E-state index in [0.717, 1.165) is 12.1 Å². The molecule has 0 aliphatic carbocycles. The quantitative estimate of drug-likeness (QED) is 0.734. The van der Waals surface area contributed by atoms with E-state index in [2.05, 4.69) is 4.98 Å². The van der Waals surface area contributed by atoms with Gasteiger partial charge in [0, 0.05) is 18.8 Å². The lowest BCUT2D eigenvalue weighted by molar-refractivity contribution is -0.137. The number of piperidine rings is 1. The third-order valence-corrected chi connectivity index (χ3v) is 6.33. The molecule has 2 heterocycles. The van der Waals surface area contributed by atoms with Gasteiger partial charge in [-0.05, 0) is 36.6 Å². The van der Waals surface area contributed by atoms with E-state index in [0.29, 0.717) is 24.9 Å². The molecule has 1 atom stereocenters. The van der Waals surface area contributed by atoms with Crippen LogP contribution in [-0.4, -0.2) is 36.9 Å². The number of hydrogen-bond donors (Lipinski definition) is 0. The first-order chi connectivity index (χ1) is 13.7. The highest BCUT2D eigenvalue weighted by Crippen LogP contribution is 2.29. The maximum Gasteiger partial charge on any atom is 0.416 e. The van der Waals surface area contributed by atoms with Crippen molar-refractivity contribution in [3.63, 3.8) is 0 Å². The molecule has 1 saturated heterocycles. The van der Waals surface area contributed by atoms with Crippen LogP contribution in [0.3, 0.4) is 0 Å². The Balaban J connectivity index is 1.66. The number of alkyl halides is 3. The number of ether oxygens (including phenoxy) is 1. The van der Waals surface area contributed by atoms with E-state index in [1.54, 1.807) is 0 Å². The molecule has 1 aromatic heterocycles. The third kappa shape index (κ3) is 5.46. The summed E-state index contributed by atoms with van der Waals surface area (Å²) in [5.41, 5.74) is -0.154.